The Kier molecular flexibility index (Phi) is 3.64. The topological polar surface area (TPSA) is 69.0 Å². The highest BCUT2D eigenvalue weighted by atomic mass is 16.5. The Balaban J connectivity index is 1.94. The molecule has 6 heteroatoms. The summed E-state index contributed by atoms with van der Waals surface area (Å²) in [4.78, 5) is 20.6. The van der Waals surface area contributed by atoms with Gasteiger partial charge in [0.25, 0.3) is 5.56 Å². The zero-order chi connectivity index (χ0) is 13.9. The number of hydrogen-bond acceptors (Lipinski definition) is 5. The first-order chi connectivity index (χ1) is 9.81. The molecule has 1 fully saturated rings. The van der Waals surface area contributed by atoms with Crippen LogP contribution in [0.4, 0.5) is 5.82 Å². The molecule has 1 N–H and O–H groups in total. The molecule has 0 spiro atoms. The molecule has 0 aliphatic heterocycles. The van der Waals surface area contributed by atoms with Crippen LogP contribution in [0.1, 0.15) is 25.3 Å². The maximum atomic E-state index is 12.0. The molecular formula is C14H18N4O2. The van der Waals surface area contributed by atoms with E-state index in [1.165, 1.54) is 6.33 Å². The van der Waals surface area contributed by atoms with E-state index in [2.05, 4.69) is 15.3 Å². The molecule has 0 atom stereocenters. The number of hydrogen-bond donors (Lipinski definition) is 1. The largest absolute Gasteiger partial charge is 0.385 e. The summed E-state index contributed by atoms with van der Waals surface area (Å²) in [7, 11) is 1.69. The molecule has 0 radical (unpaired) electrons. The summed E-state index contributed by atoms with van der Waals surface area (Å²) in [6.45, 7) is 1.49. The second-order valence-electron chi connectivity index (χ2n) is 5.01. The van der Waals surface area contributed by atoms with Crippen LogP contribution in [0.25, 0.3) is 11.0 Å². The zero-order valence-corrected chi connectivity index (χ0v) is 11.5. The quantitative estimate of drug-likeness (QED) is 0.810. The molecule has 2 heterocycles. The Morgan fingerprint density at radius 2 is 2.25 bits per heavy atom. The maximum absolute atomic E-state index is 12.0. The van der Waals surface area contributed by atoms with Crippen LogP contribution in [0.5, 0.6) is 0 Å². The highest BCUT2D eigenvalue weighted by Gasteiger charge is 2.26. The first-order valence-electron chi connectivity index (χ1n) is 6.90. The third kappa shape index (κ3) is 2.51. The van der Waals surface area contributed by atoms with Crippen LogP contribution < -0.4 is 10.9 Å². The lowest BCUT2D eigenvalue weighted by Crippen LogP contribution is -2.19. The number of pyridine rings is 1. The molecule has 6 nitrogen and oxygen atoms in total. The van der Waals surface area contributed by atoms with Gasteiger partial charge in [-0.3, -0.25) is 9.36 Å². The standard InChI is InChI=1S/C14H18N4O2/c1-20-8-2-7-15-13-11-5-6-12(19)18(10-3-4-10)14(11)17-9-16-13/h5-6,9-10H,2-4,7-8H2,1H3,(H,15,16,17). The van der Waals surface area contributed by atoms with Gasteiger partial charge in [0.15, 0.2) is 0 Å². The van der Waals surface area contributed by atoms with Crippen molar-refractivity contribution in [2.45, 2.75) is 25.3 Å². The number of fused-ring (bicyclic) bond motifs is 1. The van der Waals surface area contributed by atoms with Gasteiger partial charge in [-0.1, -0.05) is 0 Å². The van der Waals surface area contributed by atoms with Gasteiger partial charge in [0.1, 0.15) is 17.8 Å². The van der Waals surface area contributed by atoms with Gasteiger partial charge in [0.2, 0.25) is 0 Å². The predicted octanol–water partition coefficient (Wildman–Crippen LogP) is 1.57. The lowest BCUT2D eigenvalue weighted by atomic mass is 10.3. The van der Waals surface area contributed by atoms with Crippen molar-refractivity contribution in [1.29, 1.82) is 0 Å². The lowest BCUT2D eigenvalue weighted by Gasteiger charge is -2.11. The Labute approximate surface area is 116 Å². The van der Waals surface area contributed by atoms with Crippen LogP contribution in [-0.2, 0) is 4.74 Å². The Morgan fingerprint density at radius 3 is 3.00 bits per heavy atom. The Morgan fingerprint density at radius 1 is 1.40 bits per heavy atom. The number of nitrogens with zero attached hydrogens (tertiary/aromatic N) is 3. The summed E-state index contributed by atoms with van der Waals surface area (Å²) >= 11 is 0. The van der Waals surface area contributed by atoms with Gasteiger partial charge in [0.05, 0.1) is 5.39 Å². The third-order valence-corrected chi connectivity index (χ3v) is 3.45. The van der Waals surface area contributed by atoms with E-state index in [0.29, 0.717) is 12.6 Å². The van der Waals surface area contributed by atoms with E-state index in [1.807, 2.05) is 0 Å². The van der Waals surface area contributed by atoms with Crippen molar-refractivity contribution in [1.82, 2.24) is 14.5 Å². The number of methoxy groups -OCH3 is 1. The summed E-state index contributed by atoms with van der Waals surface area (Å²) in [5, 5.41) is 4.18. The van der Waals surface area contributed by atoms with Gasteiger partial charge in [-0.2, -0.15) is 0 Å². The second kappa shape index (κ2) is 5.58. The van der Waals surface area contributed by atoms with E-state index in [-0.39, 0.29) is 5.56 Å². The fourth-order valence-corrected chi connectivity index (χ4v) is 2.32. The maximum Gasteiger partial charge on any atom is 0.252 e. The second-order valence-corrected chi connectivity index (χ2v) is 5.01. The summed E-state index contributed by atoms with van der Waals surface area (Å²) in [6.07, 6.45) is 4.53. The summed E-state index contributed by atoms with van der Waals surface area (Å²) in [5.74, 6) is 0.778. The summed E-state index contributed by atoms with van der Waals surface area (Å²) in [6, 6.07) is 3.71. The van der Waals surface area contributed by atoms with E-state index in [4.69, 9.17) is 4.74 Å². The highest BCUT2D eigenvalue weighted by Crippen LogP contribution is 2.35. The molecule has 0 unspecified atom stereocenters. The van der Waals surface area contributed by atoms with E-state index in [9.17, 15) is 4.79 Å². The third-order valence-electron chi connectivity index (χ3n) is 3.45. The molecule has 1 saturated carbocycles. The average molecular weight is 274 g/mol. The molecule has 0 aromatic carbocycles. The molecule has 1 aliphatic carbocycles. The van der Waals surface area contributed by atoms with Crippen LogP contribution in [0.3, 0.4) is 0 Å². The van der Waals surface area contributed by atoms with E-state index < -0.39 is 0 Å². The molecule has 2 aromatic heterocycles. The molecule has 20 heavy (non-hydrogen) atoms. The molecular weight excluding hydrogens is 256 g/mol. The van der Waals surface area contributed by atoms with Crippen molar-refractivity contribution < 1.29 is 4.74 Å². The fraction of sp³-hybridized carbons (Fsp3) is 0.500. The van der Waals surface area contributed by atoms with Gasteiger partial charge < -0.3 is 10.1 Å². The molecule has 106 valence electrons. The highest BCUT2D eigenvalue weighted by molar-refractivity contribution is 5.86. The molecule has 0 bridgehead atoms. The summed E-state index contributed by atoms with van der Waals surface area (Å²) in [5.41, 5.74) is 0.744. The van der Waals surface area contributed by atoms with Gasteiger partial charge >= 0.3 is 0 Å². The first-order valence-corrected chi connectivity index (χ1v) is 6.90. The molecule has 3 rings (SSSR count). The van der Waals surface area contributed by atoms with E-state index in [0.717, 1.165) is 42.7 Å². The van der Waals surface area contributed by atoms with E-state index in [1.54, 1.807) is 23.8 Å². The van der Waals surface area contributed by atoms with Crippen molar-refractivity contribution in [3.05, 3.63) is 28.8 Å². The van der Waals surface area contributed by atoms with Crippen LogP contribution >= 0.6 is 0 Å². The minimum absolute atomic E-state index is 0.0176. The number of ether oxygens (including phenoxy) is 1. The summed E-state index contributed by atoms with van der Waals surface area (Å²) < 4.78 is 6.81. The van der Waals surface area contributed by atoms with Gasteiger partial charge in [0, 0.05) is 32.4 Å². The fourth-order valence-electron chi connectivity index (χ4n) is 2.32. The number of anilines is 1. The first kappa shape index (κ1) is 13.1. The Hall–Kier alpha value is -1.95. The van der Waals surface area contributed by atoms with Gasteiger partial charge in [-0.15, -0.1) is 0 Å². The van der Waals surface area contributed by atoms with Crippen LogP contribution in [-0.4, -0.2) is 34.8 Å². The minimum Gasteiger partial charge on any atom is -0.385 e. The van der Waals surface area contributed by atoms with Crippen molar-refractivity contribution >= 4 is 16.9 Å². The van der Waals surface area contributed by atoms with Crippen LogP contribution in [0, 0.1) is 0 Å². The average Bonchev–Trinajstić information content (AvgIpc) is 3.28. The zero-order valence-electron chi connectivity index (χ0n) is 11.5. The molecule has 0 saturated heterocycles. The number of rotatable bonds is 6. The predicted molar refractivity (Wildman–Crippen MR) is 77.1 cm³/mol. The van der Waals surface area contributed by atoms with Crippen LogP contribution in [0.2, 0.25) is 0 Å². The van der Waals surface area contributed by atoms with Crippen molar-refractivity contribution in [2.24, 2.45) is 0 Å². The van der Waals surface area contributed by atoms with E-state index >= 15 is 0 Å². The smallest absolute Gasteiger partial charge is 0.252 e. The molecule has 2 aromatic rings. The minimum atomic E-state index is 0.0176. The molecule has 0 amide bonds. The monoisotopic (exact) mass is 274 g/mol. The van der Waals surface area contributed by atoms with Gasteiger partial charge in [-0.05, 0) is 25.3 Å². The lowest BCUT2D eigenvalue weighted by molar-refractivity contribution is 0.198. The van der Waals surface area contributed by atoms with Crippen molar-refractivity contribution in [3.63, 3.8) is 0 Å². The normalized spacial score (nSPS) is 14.7. The van der Waals surface area contributed by atoms with Crippen molar-refractivity contribution in [3.8, 4) is 0 Å². The molecule has 1 aliphatic rings. The van der Waals surface area contributed by atoms with Crippen molar-refractivity contribution in [2.75, 3.05) is 25.6 Å². The van der Waals surface area contributed by atoms with Crippen LogP contribution in [0.15, 0.2) is 23.3 Å². The van der Waals surface area contributed by atoms with Gasteiger partial charge in [-0.25, -0.2) is 9.97 Å². The Bertz CT molecular complexity index is 664. The number of nitrogens with one attached hydrogen (secondary N) is 1. The number of aromatic nitrogens is 3. The SMILES string of the molecule is COCCCNc1ncnc2c1ccc(=O)n2C1CC1.